The quantitative estimate of drug-likeness (QED) is 0.284. The monoisotopic (exact) mass is 210 g/mol. The van der Waals surface area contributed by atoms with Crippen LogP contribution in [0.25, 0.3) is 0 Å². The molecule has 0 aliphatic carbocycles. The van der Waals surface area contributed by atoms with Crippen molar-refractivity contribution in [2.45, 2.75) is 0 Å². The minimum absolute atomic E-state index is 0. The van der Waals surface area contributed by atoms with Gasteiger partial charge in [-0.1, -0.05) is 0 Å². The average molecular weight is 210 g/mol. The molecule has 0 bridgehead atoms. The van der Waals surface area contributed by atoms with Crippen molar-refractivity contribution in [1.82, 2.24) is 0 Å². The number of hydrogen-bond donors (Lipinski definition) is 3. The first-order valence-corrected chi connectivity index (χ1v) is 2.35. The second-order valence-corrected chi connectivity index (χ2v) is 1.54. The van der Waals surface area contributed by atoms with Gasteiger partial charge >= 0.3 is 49.7 Å². The van der Waals surface area contributed by atoms with Crippen LogP contribution >= 0.6 is 7.82 Å². The molecule has 48 valence electrons. The van der Waals surface area contributed by atoms with Gasteiger partial charge in [0.15, 0.2) is 17.4 Å². The SMILES string of the molecule is O=P(O)(O)O.[AlH3].[LiH].[MgH2].[Ti]. The third kappa shape index (κ3) is 110. The van der Waals surface area contributed by atoms with Crippen molar-refractivity contribution < 1.29 is 41.0 Å². The van der Waals surface area contributed by atoms with E-state index in [1.807, 2.05) is 0 Å². The van der Waals surface area contributed by atoms with Crippen molar-refractivity contribution in [3.05, 3.63) is 0 Å². The molecule has 0 fully saturated rings. The van der Waals surface area contributed by atoms with Gasteiger partial charge in [0.1, 0.15) is 0 Å². The summed E-state index contributed by atoms with van der Waals surface area (Å²) in [7, 11) is -4.64. The predicted octanol–water partition coefficient (Wildman–Crippen LogP) is -3.68. The molecule has 0 aromatic heterocycles. The van der Waals surface area contributed by atoms with Gasteiger partial charge in [0.2, 0.25) is 0 Å². The molecule has 9 heteroatoms. The molecule has 0 aromatic rings. The van der Waals surface area contributed by atoms with Gasteiger partial charge in [0.25, 0.3) is 0 Å². The molecule has 0 rings (SSSR count). The van der Waals surface area contributed by atoms with Gasteiger partial charge in [-0.05, 0) is 0 Å². The molecule has 0 amide bonds. The van der Waals surface area contributed by atoms with E-state index in [1.165, 1.54) is 0 Å². The minimum atomic E-state index is -4.64. The van der Waals surface area contributed by atoms with Gasteiger partial charge in [0, 0.05) is 21.7 Å². The zero-order valence-electron chi connectivity index (χ0n) is 2.70. The molecule has 0 radical (unpaired) electrons. The first-order chi connectivity index (χ1) is 2.00. The van der Waals surface area contributed by atoms with E-state index in [-0.39, 0.29) is 81.0 Å². The Bertz CT molecular complexity index is 66.7. The van der Waals surface area contributed by atoms with Crippen LogP contribution in [0.1, 0.15) is 0 Å². The summed E-state index contributed by atoms with van der Waals surface area (Å²) in [4.78, 5) is 21.6. The van der Waals surface area contributed by atoms with E-state index in [0.29, 0.717) is 0 Å². The normalized spacial score (nSPS) is 6.56. The summed E-state index contributed by atoms with van der Waals surface area (Å²) in [6, 6.07) is 0. The van der Waals surface area contributed by atoms with Crippen molar-refractivity contribution in [2.24, 2.45) is 0 Å². The third-order valence-corrected chi connectivity index (χ3v) is 0. The van der Waals surface area contributed by atoms with Gasteiger partial charge in [0.05, 0.1) is 0 Å². The summed E-state index contributed by atoms with van der Waals surface area (Å²) in [5.41, 5.74) is 0. The Balaban J connectivity index is -0.0000000133. The summed E-state index contributed by atoms with van der Waals surface area (Å²) in [5.74, 6) is 0. The molecule has 0 aliphatic heterocycles. The van der Waals surface area contributed by atoms with Crippen molar-refractivity contribution in [1.29, 1.82) is 0 Å². The Hall–Kier alpha value is 2.72. The van der Waals surface area contributed by atoms with Crippen LogP contribution in [-0.2, 0) is 26.3 Å². The van der Waals surface area contributed by atoms with Gasteiger partial charge in [-0.15, -0.1) is 0 Å². The third-order valence-electron chi connectivity index (χ3n) is 0. The summed E-state index contributed by atoms with van der Waals surface area (Å²) >= 11 is 0. The van der Waals surface area contributed by atoms with Crippen LogP contribution < -0.4 is 0 Å². The maximum absolute atomic E-state index is 8.88. The van der Waals surface area contributed by atoms with Gasteiger partial charge in [-0.2, -0.15) is 0 Å². The summed E-state index contributed by atoms with van der Waals surface area (Å²) in [6.07, 6.45) is 0. The van der Waals surface area contributed by atoms with Crippen LogP contribution in [0.5, 0.6) is 0 Å². The molecule has 4 nitrogen and oxygen atoms in total. The van der Waals surface area contributed by atoms with E-state index in [9.17, 15) is 0 Å². The Morgan fingerprint density at radius 2 is 1.11 bits per heavy atom. The van der Waals surface area contributed by atoms with E-state index in [0.717, 1.165) is 0 Å². The largest absolute Gasteiger partial charge is 0.316 e. The number of phosphoric acid groups is 1. The predicted molar refractivity (Wildman–Crippen MR) is 39.9 cm³/mol. The molecule has 0 saturated carbocycles. The molecule has 0 unspecified atom stereocenters. The smallest absolute Gasteiger partial charge is 0 e. The van der Waals surface area contributed by atoms with Crippen LogP contribution in [0, 0.1) is 0 Å². The van der Waals surface area contributed by atoms with Crippen LogP contribution in [0.15, 0.2) is 0 Å². The molecular formula is H9AlLiMgO4PTi. The van der Waals surface area contributed by atoms with Crippen LogP contribution in [0.4, 0.5) is 0 Å². The fraction of sp³-hybridized carbons (Fsp3) is 0. The summed E-state index contributed by atoms with van der Waals surface area (Å²) < 4.78 is 8.88. The summed E-state index contributed by atoms with van der Waals surface area (Å²) in [5, 5.41) is 0. The second-order valence-electron chi connectivity index (χ2n) is 0.513. The fourth-order valence-electron chi connectivity index (χ4n) is 0. The van der Waals surface area contributed by atoms with E-state index in [1.54, 1.807) is 0 Å². The van der Waals surface area contributed by atoms with Crippen LogP contribution in [0.2, 0.25) is 0 Å². The standard InChI is InChI=1S/Al.Li.Mg.H3O4P.Ti.6H/c;;;1-5(2,3)4;;;;;;;/h;;;(H3,1,2,3,4);;;;;;;. The molecule has 0 aliphatic rings. The molecule has 9 heavy (non-hydrogen) atoms. The van der Waals surface area contributed by atoms with Gasteiger partial charge in [-0.25, -0.2) is 4.57 Å². The molecular weight excluding hydrogens is 201 g/mol. The van der Waals surface area contributed by atoms with E-state index < -0.39 is 7.82 Å². The van der Waals surface area contributed by atoms with Gasteiger partial charge < -0.3 is 14.7 Å². The van der Waals surface area contributed by atoms with Crippen molar-refractivity contribution in [3.8, 4) is 0 Å². The van der Waals surface area contributed by atoms with E-state index >= 15 is 0 Å². The van der Waals surface area contributed by atoms with Crippen LogP contribution in [0.3, 0.4) is 0 Å². The molecule has 3 N–H and O–H groups in total. The van der Waals surface area contributed by atoms with E-state index in [4.69, 9.17) is 19.2 Å². The minimum Gasteiger partial charge on any atom is 0 e. The number of rotatable bonds is 0. The Morgan fingerprint density at radius 3 is 1.11 bits per heavy atom. The number of hydrogen-bond acceptors (Lipinski definition) is 1. The maximum Gasteiger partial charge on any atom is 0.316 e. The summed E-state index contributed by atoms with van der Waals surface area (Å²) in [6.45, 7) is 0. The first kappa shape index (κ1) is 29.8. The zero-order valence-corrected chi connectivity index (χ0v) is 5.15. The van der Waals surface area contributed by atoms with Crippen LogP contribution in [-0.4, -0.2) is 74.0 Å². The van der Waals surface area contributed by atoms with Gasteiger partial charge in [-0.3, -0.25) is 0 Å². The maximum atomic E-state index is 8.88. The molecule has 0 spiro atoms. The van der Waals surface area contributed by atoms with E-state index in [2.05, 4.69) is 0 Å². The fourth-order valence-corrected chi connectivity index (χ4v) is 0. The molecule has 0 heterocycles. The van der Waals surface area contributed by atoms with Crippen molar-refractivity contribution in [3.63, 3.8) is 0 Å². The van der Waals surface area contributed by atoms with Crippen molar-refractivity contribution >= 4 is 67.1 Å². The molecule has 0 saturated heterocycles. The average Bonchev–Trinajstić information content (AvgIpc) is 0.722. The Kier molecular flexibility index (Phi) is 44.1. The molecule has 0 aromatic carbocycles. The zero-order chi connectivity index (χ0) is 4.50. The first-order valence-electron chi connectivity index (χ1n) is 0.783. The second kappa shape index (κ2) is 13.3. The van der Waals surface area contributed by atoms with Crippen molar-refractivity contribution in [2.75, 3.05) is 0 Å². The topological polar surface area (TPSA) is 77.8 Å². The Morgan fingerprint density at radius 1 is 1.11 bits per heavy atom. The Labute approximate surface area is 107 Å². The molecule has 0 atom stereocenters.